The van der Waals surface area contributed by atoms with E-state index in [0.29, 0.717) is 11.8 Å². The molecule has 0 aliphatic carbocycles. The summed E-state index contributed by atoms with van der Waals surface area (Å²) in [5.41, 5.74) is 11.4. The molecule has 0 fully saturated rings. The van der Waals surface area contributed by atoms with Crippen LogP contribution in [0, 0.1) is 12.8 Å². The predicted octanol–water partition coefficient (Wildman–Crippen LogP) is 9.58. The van der Waals surface area contributed by atoms with E-state index in [1.165, 1.54) is 61.2 Å². The van der Waals surface area contributed by atoms with Gasteiger partial charge in [0.2, 0.25) is 0 Å². The number of rotatable bonds is 3. The van der Waals surface area contributed by atoms with Gasteiger partial charge in [0.25, 0.3) is 0 Å². The van der Waals surface area contributed by atoms with Crippen molar-refractivity contribution in [2.75, 3.05) is 4.90 Å². The van der Waals surface area contributed by atoms with Gasteiger partial charge in [0.05, 0.1) is 11.4 Å². The number of allylic oxidation sites excluding steroid dienone is 1. The Balaban J connectivity index is 1.44. The van der Waals surface area contributed by atoms with Crippen LogP contribution in [0.15, 0.2) is 120 Å². The Morgan fingerprint density at radius 2 is 1.43 bits per heavy atom. The van der Waals surface area contributed by atoms with Crippen LogP contribution in [-0.4, -0.2) is 6.21 Å². The zero-order valence-corrected chi connectivity index (χ0v) is 21.1. The van der Waals surface area contributed by atoms with E-state index in [1.54, 1.807) is 0 Å². The fraction of sp³-hybridized carbons (Fsp3) is 0.114. The molecule has 0 radical (unpaired) electrons. The topological polar surface area (TPSA) is 15.6 Å². The number of para-hydroxylation sites is 1. The molecule has 0 bridgehead atoms. The Hall–Kier alpha value is -4.43. The molecule has 2 aliphatic heterocycles. The van der Waals surface area contributed by atoms with Crippen molar-refractivity contribution in [3.8, 4) is 22.3 Å². The molecule has 2 atom stereocenters. The summed E-state index contributed by atoms with van der Waals surface area (Å²) in [6.07, 6.45) is 6.28. The van der Waals surface area contributed by atoms with Gasteiger partial charge in [-0.2, -0.15) is 0 Å². The highest BCUT2D eigenvalue weighted by Gasteiger charge is 2.29. The van der Waals surface area contributed by atoms with Gasteiger partial charge in [-0.1, -0.05) is 85.8 Å². The number of hydrogen-bond acceptors (Lipinski definition) is 2. The van der Waals surface area contributed by atoms with Crippen molar-refractivity contribution in [2.24, 2.45) is 10.9 Å². The highest BCUT2D eigenvalue weighted by Crippen LogP contribution is 2.52. The number of aryl methyl sites for hydroxylation is 1. The number of fused-ring (bicyclic) bond motifs is 2. The molecule has 0 saturated heterocycles. The van der Waals surface area contributed by atoms with Crippen molar-refractivity contribution < 1.29 is 0 Å². The zero-order valence-electron chi connectivity index (χ0n) is 21.1. The predicted molar refractivity (Wildman–Crippen MR) is 157 cm³/mol. The number of aliphatic imine (C=N–C) groups is 1. The monoisotopic (exact) mass is 476 g/mol. The van der Waals surface area contributed by atoms with Crippen LogP contribution in [0.1, 0.15) is 24.0 Å². The molecular weight excluding hydrogens is 448 g/mol. The number of hydrogen-bond donors (Lipinski definition) is 0. The SMILES string of the molecule is Cc1c(C2C=CN=CC2C)cc2c3c(cccc13)N(c1ccc(-c3ccccc3)cc1)c1ccccc1-2. The second-order valence-corrected chi connectivity index (χ2v) is 10.1. The Morgan fingerprint density at radius 3 is 2.24 bits per heavy atom. The Morgan fingerprint density at radius 1 is 0.703 bits per heavy atom. The lowest BCUT2D eigenvalue weighted by Gasteiger charge is -2.35. The molecule has 0 amide bonds. The summed E-state index contributed by atoms with van der Waals surface area (Å²) in [4.78, 5) is 6.81. The summed E-state index contributed by atoms with van der Waals surface area (Å²) in [5, 5.41) is 2.66. The molecule has 178 valence electrons. The quantitative estimate of drug-likeness (QED) is 0.248. The van der Waals surface area contributed by atoms with Gasteiger partial charge in [-0.05, 0) is 70.5 Å². The van der Waals surface area contributed by atoms with Gasteiger partial charge in [0.1, 0.15) is 0 Å². The van der Waals surface area contributed by atoms with E-state index in [-0.39, 0.29) is 0 Å². The Bertz CT molecular complexity index is 1690. The van der Waals surface area contributed by atoms with Gasteiger partial charge in [0.15, 0.2) is 0 Å². The molecule has 7 rings (SSSR count). The van der Waals surface area contributed by atoms with Crippen LogP contribution in [0.2, 0.25) is 0 Å². The molecule has 37 heavy (non-hydrogen) atoms. The number of anilines is 3. The van der Waals surface area contributed by atoms with Crippen LogP contribution < -0.4 is 4.90 Å². The fourth-order valence-corrected chi connectivity index (χ4v) is 6.09. The molecule has 0 N–H and O–H groups in total. The van der Waals surface area contributed by atoms with Gasteiger partial charge >= 0.3 is 0 Å². The maximum absolute atomic E-state index is 4.39. The van der Waals surface area contributed by atoms with Crippen molar-refractivity contribution in [2.45, 2.75) is 19.8 Å². The normalized spacial score (nSPS) is 17.7. The molecule has 0 saturated carbocycles. The van der Waals surface area contributed by atoms with E-state index < -0.39 is 0 Å². The lowest BCUT2D eigenvalue weighted by molar-refractivity contribution is 0.679. The van der Waals surface area contributed by atoms with E-state index in [1.807, 2.05) is 6.20 Å². The third-order valence-electron chi connectivity index (χ3n) is 7.98. The number of nitrogens with zero attached hydrogens (tertiary/aromatic N) is 2. The molecule has 5 aromatic rings. The average molecular weight is 477 g/mol. The van der Waals surface area contributed by atoms with Crippen molar-refractivity contribution in [1.82, 2.24) is 0 Å². The summed E-state index contributed by atoms with van der Waals surface area (Å²) >= 11 is 0. The van der Waals surface area contributed by atoms with Gasteiger partial charge in [-0.25, -0.2) is 0 Å². The van der Waals surface area contributed by atoms with Crippen molar-refractivity contribution in [3.63, 3.8) is 0 Å². The molecule has 0 spiro atoms. The zero-order chi connectivity index (χ0) is 24.9. The van der Waals surface area contributed by atoms with Crippen molar-refractivity contribution >= 4 is 34.0 Å². The number of benzene rings is 5. The molecule has 2 heteroatoms. The van der Waals surface area contributed by atoms with Crippen molar-refractivity contribution in [1.29, 1.82) is 0 Å². The smallest absolute Gasteiger partial charge is 0.0546 e. The maximum atomic E-state index is 4.39. The van der Waals surface area contributed by atoms with Crippen LogP contribution in [0.5, 0.6) is 0 Å². The van der Waals surface area contributed by atoms with Crippen LogP contribution in [0.25, 0.3) is 33.0 Å². The van der Waals surface area contributed by atoms with E-state index in [2.05, 4.69) is 139 Å². The average Bonchev–Trinajstić information content (AvgIpc) is 2.96. The van der Waals surface area contributed by atoms with Gasteiger partial charge < -0.3 is 4.90 Å². The molecule has 2 aliphatic rings. The first-order valence-corrected chi connectivity index (χ1v) is 13.0. The third-order valence-corrected chi connectivity index (χ3v) is 7.98. The molecule has 2 nitrogen and oxygen atoms in total. The molecule has 2 unspecified atom stereocenters. The summed E-state index contributed by atoms with van der Waals surface area (Å²) in [6.45, 7) is 4.54. The maximum Gasteiger partial charge on any atom is 0.0546 e. The fourth-order valence-electron chi connectivity index (χ4n) is 6.09. The van der Waals surface area contributed by atoms with E-state index in [4.69, 9.17) is 0 Å². The van der Waals surface area contributed by atoms with E-state index >= 15 is 0 Å². The molecule has 0 aromatic heterocycles. The minimum absolute atomic E-state index is 0.331. The first-order chi connectivity index (χ1) is 18.2. The molecular formula is C35H28N2. The first kappa shape index (κ1) is 21.8. The first-order valence-electron chi connectivity index (χ1n) is 13.0. The minimum atomic E-state index is 0.331. The minimum Gasteiger partial charge on any atom is -0.309 e. The lowest BCUT2D eigenvalue weighted by atomic mass is 9.79. The van der Waals surface area contributed by atoms with Crippen LogP contribution in [0.4, 0.5) is 17.1 Å². The standard InChI is InChI=1S/C35H28N2/c1-23-22-36-20-19-28(23)31-21-32-30-11-6-7-13-33(30)37(34-14-8-12-29(24(31)2)35(32)34)27-17-15-26(16-18-27)25-9-4-3-5-10-25/h3-23,28H,1-2H3. The molecule has 2 heterocycles. The second-order valence-electron chi connectivity index (χ2n) is 10.1. The van der Waals surface area contributed by atoms with Crippen LogP contribution in [-0.2, 0) is 0 Å². The van der Waals surface area contributed by atoms with Crippen LogP contribution >= 0.6 is 0 Å². The summed E-state index contributed by atoms with van der Waals surface area (Å²) < 4.78 is 0. The highest BCUT2D eigenvalue weighted by atomic mass is 15.2. The highest BCUT2D eigenvalue weighted by molar-refractivity contribution is 6.15. The lowest BCUT2D eigenvalue weighted by Crippen LogP contribution is -2.17. The molecule has 5 aromatic carbocycles. The third kappa shape index (κ3) is 3.44. The van der Waals surface area contributed by atoms with E-state index in [0.717, 1.165) is 0 Å². The van der Waals surface area contributed by atoms with Crippen molar-refractivity contribution in [3.05, 3.63) is 127 Å². The summed E-state index contributed by atoms with van der Waals surface area (Å²) in [5.74, 6) is 0.701. The Kier molecular flexibility index (Phi) is 5.07. The summed E-state index contributed by atoms with van der Waals surface area (Å²) in [7, 11) is 0. The van der Waals surface area contributed by atoms with Gasteiger partial charge in [-0.3, -0.25) is 4.99 Å². The van der Waals surface area contributed by atoms with Gasteiger partial charge in [0, 0.05) is 40.9 Å². The Labute approximate surface area is 218 Å². The summed E-state index contributed by atoms with van der Waals surface area (Å²) in [6, 6.07) is 37.6. The van der Waals surface area contributed by atoms with Crippen LogP contribution in [0.3, 0.4) is 0 Å². The van der Waals surface area contributed by atoms with E-state index in [9.17, 15) is 0 Å². The largest absolute Gasteiger partial charge is 0.309 e. The van der Waals surface area contributed by atoms with Gasteiger partial charge in [-0.15, -0.1) is 0 Å². The second kappa shape index (κ2) is 8.60.